The Morgan fingerprint density at radius 2 is 1.70 bits per heavy atom. The number of thiophene rings is 1. The maximum Gasteiger partial charge on any atom is 0.278 e. The molecule has 0 unspecified atom stereocenters. The molecule has 0 aliphatic heterocycles. The van der Waals surface area contributed by atoms with E-state index in [1.54, 1.807) is 23.5 Å². The van der Waals surface area contributed by atoms with E-state index < -0.39 is 4.92 Å². The summed E-state index contributed by atoms with van der Waals surface area (Å²) >= 11 is 7.59. The van der Waals surface area contributed by atoms with E-state index in [0.717, 1.165) is 10.3 Å². The van der Waals surface area contributed by atoms with Crippen LogP contribution in [0.4, 0.5) is 5.69 Å². The second-order valence-corrected chi connectivity index (χ2v) is 6.75. The van der Waals surface area contributed by atoms with Crippen LogP contribution in [0.15, 0.2) is 60.7 Å². The minimum Gasteiger partial charge on any atom is -0.258 e. The Hall–Kier alpha value is -2.43. The third-order valence-corrected chi connectivity index (χ3v) is 5.21. The first-order valence-electron chi connectivity index (χ1n) is 6.99. The van der Waals surface area contributed by atoms with Gasteiger partial charge in [0, 0.05) is 31.3 Å². The molecule has 5 heteroatoms. The second kappa shape index (κ2) is 5.33. The van der Waals surface area contributed by atoms with E-state index in [9.17, 15) is 10.1 Å². The molecule has 4 aromatic rings. The van der Waals surface area contributed by atoms with Gasteiger partial charge in [0.15, 0.2) is 0 Å². The average molecular weight is 340 g/mol. The molecule has 0 saturated carbocycles. The molecule has 0 N–H and O–H groups in total. The maximum atomic E-state index is 11.3. The van der Waals surface area contributed by atoms with E-state index in [4.69, 9.17) is 11.6 Å². The largest absolute Gasteiger partial charge is 0.278 e. The summed E-state index contributed by atoms with van der Waals surface area (Å²) in [6.07, 6.45) is 0. The van der Waals surface area contributed by atoms with Gasteiger partial charge in [-0.2, -0.15) is 0 Å². The third-order valence-electron chi connectivity index (χ3n) is 3.85. The van der Waals surface area contributed by atoms with Crippen molar-refractivity contribution in [2.24, 2.45) is 0 Å². The first-order chi connectivity index (χ1) is 11.1. The number of halogens is 1. The molecule has 23 heavy (non-hydrogen) atoms. The van der Waals surface area contributed by atoms with Crippen molar-refractivity contribution in [3.05, 3.63) is 75.8 Å². The monoisotopic (exact) mass is 339 g/mol. The summed E-state index contributed by atoms with van der Waals surface area (Å²) in [5, 5.41) is 14.1. The van der Waals surface area contributed by atoms with Crippen molar-refractivity contribution in [1.82, 2.24) is 0 Å². The van der Waals surface area contributed by atoms with Gasteiger partial charge in [0.25, 0.3) is 5.69 Å². The zero-order valence-corrected chi connectivity index (χ0v) is 13.4. The van der Waals surface area contributed by atoms with Crippen LogP contribution < -0.4 is 0 Å². The lowest BCUT2D eigenvalue weighted by Crippen LogP contribution is -1.91. The fourth-order valence-electron chi connectivity index (χ4n) is 2.79. The van der Waals surface area contributed by atoms with Crippen LogP contribution in [0, 0.1) is 10.1 Å². The Balaban J connectivity index is 1.96. The van der Waals surface area contributed by atoms with Gasteiger partial charge >= 0.3 is 0 Å². The molecular formula is C18H10ClNO2S. The fraction of sp³-hybridized carbons (Fsp3) is 0. The molecule has 0 atom stereocenters. The van der Waals surface area contributed by atoms with Gasteiger partial charge in [-0.25, -0.2) is 0 Å². The summed E-state index contributed by atoms with van der Waals surface area (Å²) in [5.74, 6) is 0. The van der Waals surface area contributed by atoms with Crippen LogP contribution in [0.2, 0.25) is 5.02 Å². The van der Waals surface area contributed by atoms with Gasteiger partial charge < -0.3 is 0 Å². The number of hydrogen-bond acceptors (Lipinski definition) is 3. The molecule has 1 aromatic heterocycles. The molecule has 0 radical (unpaired) electrons. The molecule has 0 saturated heterocycles. The summed E-state index contributed by atoms with van der Waals surface area (Å²) in [6.45, 7) is 0. The van der Waals surface area contributed by atoms with Crippen molar-refractivity contribution < 1.29 is 4.92 Å². The highest BCUT2D eigenvalue weighted by Gasteiger charge is 2.16. The maximum absolute atomic E-state index is 11.3. The van der Waals surface area contributed by atoms with E-state index in [1.165, 1.54) is 21.5 Å². The molecule has 0 aliphatic rings. The molecule has 3 aromatic carbocycles. The SMILES string of the molecule is O=[N+]([O-])c1cc(Cl)ccc1-c1ccc2c(c1)sc1ccccc12. The van der Waals surface area contributed by atoms with Crippen LogP contribution in [-0.2, 0) is 0 Å². The first kappa shape index (κ1) is 14.2. The normalized spacial score (nSPS) is 11.2. The van der Waals surface area contributed by atoms with E-state index in [0.29, 0.717) is 10.6 Å². The van der Waals surface area contributed by atoms with E-state index in [1.807, 2.05) is 30.3 Å². The summed E-state index contributed by atoms with van der Waals surface area (Å²) in [6, 6.07) is 19.0. The highest BCUT2D eigenvalue weighted by atomic mass is 35.5. The summed E-state index contributed by atoms with van der Waals surface area (Å²) in [7, 11) is 0. The number of hydrogen-bond donors (Lipinski definition) is 0. The van der Waals surface area contributed by atoms with Crippen LogP contribution in [-0.4, -0.2) is 4.92 Å². The smallest absolute Gasteiger partial charge is 0.258 e. The minimum atomic E-state index is -0.393. The second-order valence-electron chi connectivity index (χ2n) is 5.23. The Morgan fingerprint density at radius 3 is 2.52 bits per heavy atom. The van der Waals surface area contributed by atoms with Crippen molar-refractivity contribution in [3.8, 4) is 11.1 Å². The zero-order valence-electron chi connectivity index (χ0n) is 11.8. The Labute approximate surface area is 140 Å². The van der Waals surface area contributed by atoms with Crippen molar-refractivity contribution in [1.29, 1.82) is 0 Å². The molecule has 3 nitrogen and oxygen atoms in total. The molecule has 0 amide bonds. The lowest BCUT2D eigenvalue weighted by atomic mass is 10.0. The lowest BCUT2D eigenvalue weighted by Gasteiger charge is -2.04. The third kappa shape index (κ3) is 2.36. The number of benzene rings is 3. The topological polar surface area (TPSA) is 43.1 Å². The number of nitrogens with zero attached hydrogens (tertiary/aromatic N) is 1. The predicted molar refractivity (Wildman–Crippen MR) is 96.4 cm³/mol. The van der Waals surface area contributed by atoms with Gasteiger partial charge in [0.2, 0.25) is 0 Å². The zero-order chi connectivity index (χ0) is 16.0. The van der Waals surface area contributed by atoms with E-state index >= 15 is 0 Å². The van der Waals surface area contributed by atoms with Crippen LogP contribution >= 0.6 is 22.9 Å². The van der Waals surface area contributed by atoms with Crippen molar-refractivity contribution in [2.75, 3.05) is 0 Å². The Bertz CT molecular complexity index is 1070. The summed E-state index contributed by atoms with van der Waals surface area (Å²) in [5.41, 5.74) is 1.43. The van der Waals surface area contributed by atoms with Gasteiger partial charge in [0.05, 0.1) is 10.5 Å². The lowest BCUT2D eigenvalue weighted by molar-refractivity contribution is -0.384. The molecule has 4 rings (SSSR count). The van der Waals surface area contributed by atoms with Gasteiger partial charge in [-0.1, -0.05) is 41.9 Å². The van der Waals surface area contributed by atoms with Gasteiger partial charge in [-0.3, -0.25) is 10.1 Å². The van der Waals surface area contributed by atoms with Crippen LogP contribution in [0.5, 0.6) is 0 Å². The van der Waals surface area contributed by atoms with E-state index in [-0.39, 0.29) is 5.69 Å². The van der Waals surface area contributed by atoms with E-state index in [2.05, 4.69) is 12.1 Å². The van der Waals surface area contributed by atoms with Crippen molar-refractivity contribution >= 4 is 48.8 Å². The predicted octanol–water partition coefficient (Wildman–Crippen LogP) is 6.28. The quantitative estimate of drug-likeness (QED) is 0.318. The number of fused-ring (bicyclic) bond motifs is 3. The van der Waals surface area contributed by atoms with Crippen molar-refractivity contribution in [3.63, 3.8) is 0 Å². The number of nitro groups is 1. The van der Waals surface area contributed by atoms with Crippen LogP contribution in [0.3, 0.4) is 0 Å². The molecule has 1 heterocycles. The van der Waals surface area contributed by atoms with Gasteiger partial charge in [-0.05, 0) is 29.8 Å². The first-order valence-corrected chi connectivity index (χ1v) is 8.18. The molecule has 0 fully saturated rings. The molecule has 0 spiro atoms. The number of rotatable bonds is 2. The van der Waals surface area contributed by atoms with Gasteiger partial charge in [0.1, 0.15) is 0 Å². The standard InChI is InChI=1S/C18H10ClNO2S/c19-12-6-8-13(16(10-12)20(21)22)11-5-7-15-14-3-1-2-4-17(14)23-18(15)9-11/h1-10H. The Kier molecular flexibility index (Phi) is 3.29. The molecular weight excluding hydrogens is 330 g/mol. The summed E-state index contributed by atoms with van der Waals surface area (Å²) < 4.78 is 2.33. The number of nitro benzene ring substituents is 1. The van der Waals surface area contributed by atoms with Gasteiger partial charge in [-0.15, -0.1) is 11.3 Å². The van der Waals surface area contributed by atoms with Crippen LogP contribution in [0.25, 0.3) is 31.3 Å². The van der Waals surface area contributed by atoms with Crippen LogP contribution in [0.1, 0.15) is 0 Å². The Morgan fingerprint density at radius 1 is 0.913 bits per heavy atom. The fourth-order valence-corrected chi connectivity index (χ4v) is 4.11. The highest BCUT2D eigenvalue weighted by Crippen LogP contribution is 2.38. The molecule has 112 valence electrons. The molecule has 0 aliphatic carbocycles. The minimum absolute atomic E-state index is 0.0259. The average Bonchev–Trinajstić information content (AvgIpc) is 2.92. The van der Waals surface area contributed by atoms with Crippen molar-refractivity contribution in [2.45, 2.75) is 0 Å². The highest BCUT2D eigenvalue weighted by molar-refractivity contribution is 7.25. The molecule has 0 bridgehead atoms. The summed E-state index contributed by atoms with van der Waals surface area (Å²) in [4.78, 5) is 10.9.